The second kappa shape index (κ2) is 10.5. The van der Waals surface area contributed by atoms with Crippen LogP contribution < -0.4 is 9.47 Å². The predicted molar refractivity (Wildman–Crippen MR) is 122 cm³/mol. The number of rotatable bonds is 12. The minimum atomic E-state index is 0.690. The van der Waals surface area contributed by atoms with E-state index in [1.807, 2.05) is 6.07 Å². The third kappa shape index (κ3) is 5.22. The van der Waals surface area contributed by atoms with Crippen LogP contribution in [0.2, 0.25) is 0 Å². The van der Waals surface area contributed by atoms with Gasteiger partial charge in [-0.05, 0) is 44.4 Å². The molecule has 2 aromatic carbocycles. The van der Waals surface area contributed by atoms with E-state index in [1.165, 1.54) is 10.8 Å². The number of likely N-dealkylation sites (N-methyl/N-ethyl adjacent to an activating group) is 2. The van der Waals surface area contributed by atoms with Crippen molar-refractivity contribution in [2.24, 2.45) is 0 Å². The van der Waals surface area contributed by atoms with E-state index in [4.69, 9.17) is 9.47 Å². The quantitative estimate of drug-likeness (QED) is 0.478. The van der Waals surface area contributed by atoms with Gasteiger partial charge in [0.2, 0.25) is 0 Å². The largest absolute Gasteiger partial charge is 0.492 e. The van der Waals surface area contributed by atoms with Gasteiger partial charge in [0.05, 0.1) is 11.0 Å². The Kier molecular flexibility index (Phi) is 7.78. The van der Waals surface area contributed by atoms with Crippen molar-refractivity contribution >= 4 is 21.8 Å². The molecular formula is C24H35N3O2. The maximum atomic E-state index is 6.12. The molecule has 0 atom stereocenters. The zero-order chi connectivity index (χ0) is 20.6. The van der Waals surface area contributed by atoms with Crippen LogP contribution in [0.4, 0.5) is 0 Å². The van der Waals surface area contributed by atoms with Crippen LogP contribution in [-0.4, -0.2) is 67.3 Å². The molecule has 0 saturated heterocycles. The average molecular weight is 398 g/mol. The molecule has 5 nitrogen and oxygen atoms in total. The van der Waals surface area contributed by atoms with E-state index in [0.717, 1.165) is 61.8 Å². The Morgan fingerprint density at radius 2 is 1.41 bits per heavy atom. The number of para-hydroxylation sites is 1. The molecule has 0 aliphatic heterocycles. The Balaban J connectivity index is 1.73. The van der Waals surface area contributed by atoms with Crippen molar-refractivity contribution in [3.63, 3.8) is 0 Å². The number of aromatic amines is 1. The smallest absolute Gasteiger partial charge is 0.143 e. The lowest BCUT2D eigenvalue weighted by atomic mass is 10.1. The van der Waals surface area contributed by atoms with E-state index in [1.54, 1.807) is 0 Å². The first-order valence-electron chi connectivity index (χ1n) is 10.9. The van der Waals surface area contributed by atoms with E-state index in [0.29, 0.717) is 13.2 Å². The van der Waals surface area contributed by atoms with E-state index in [9.17, 15) is 0 Å². The Labute approximate surface area is 174 Å². The van der Waals surface area contributed by atoms with Crippen LogP contribution in [0.5, 0.6) is 11.5 Å². The minimum Gasteiger partial charge on any atom is -0.492 e. The summed E-state index contributed by atoms with van der Waals surface area (Å²) in [4.78, 5) is 8.28. The first-order valence-corrected chi connectivity index (χ1v) is 10.9. The highest BCUT2D eigenvalue weighted by Crippen LogP contribution is 2.33. The van der Waals surface area contributed by atoms with Gasteiger partial charge in [0.1, 0.15) is 24.7 Å². The van der Waals surface area contributed by atoms with Crippen molar-refractivity contribution in [3.8, 4) is 11.5 Å². The second-order valence-electron chi connectivity index (χ2n) is 7.26. The summed E-state index contributed by atoms with van der Waals surface area (Å²) < 4.78 is 12.1. The number of nitrogens with zero attached hydrogens (tertiary/aromatic N) is 2. The first-order chi connectivity index (χ1) is 14.2. The van der Waals surface area contributed by atoms with Crippen molar-refractivity contribution in [2.75, 3.05) is 52.5 Å². The highest BCUT2D eigenvalue weighted by atomic mass is 16.5. The molecular weight excluding hydrogens is 362 g/mol. The predicted octanol–water partition coefficient (Wildman–Crippen LogP) is 4.76. The molecule has 0 amide bonds. The molecule has 1 heterocycles. The number of ether oxygens (including phenoxy) is 2. The van der Waals surface area contributed by atoms with Crippen molar-refractivity contribution in [1.82, 2.24) is 14.8 Å². The van der Waals surface area contributed by atoms with Crippen molar-refractivity contribution in [1.29, 1.82) is 0 Å². The van der Waals surface area contributed by atoms with Crippen LogP contribution in [0.1, 0.15) is 27.7 Å². The fourth-order valence-corrected chi connectivity index (χ4v) is 3.75. The lowest BCUT2D eigenvalue weighted by Crippen LogP contribution is -2.27. The second-order valence-corrected chi connectivity index (χ2v) is 7.26. The van der Waals surface area contributed by atoms with Crippen LogP contribution in [0.15, 0.2) is 36.4 Å². The third-order valence-electron chi connectivity index (χ3n) is 5.70. The summed E-state index contributed by atoms with van der Waals surface area (Å²) in [5.74, 6) is 1.81. The van der Waals surface area contributed by atoms with Crippen LogP contribution >= 0.6 is 0 Å². The van der Waals surface area contributed by atoms with Gasteiger partial charge in [0, 0.05) is 29.9 Å². The molecule has 0 aliphatic carbocycles. The number of hydrogen-bond acceptors (Lipinski definition) is 4. The summed E-state index contributed by atoms with van der Waals surface area (Å²) in [6.45, 7) is 16.2. The fourth-order valence-electron chi connectivity index (χ4n) is 3.75. The molecule has 0 radical (unpaired) electrons. The number of benzene rings is 2. The summed E-state index contributed by atoms with van der Waals surface area (Å²) >= 11 is 0. The van der Waals surface area contributed by atoms with Gasteiger partial charge in [0.25, 0.3) is 0 Å². The molecule has 3 aromatic rings. The summed E-state index contributed by atoms with van der Waals surface area (Å²) in [6, 6.07) is 12.5. The highest BCUT2D eigenvalue weighted by molar-refractivity contribution is 6.09. The molecule has 5 heteroatoms. The lowest BCUT2D eigenvalue weighted by molar-refractivity contribution is 0.223. The number of H-pyrrole nitrogens is 1. The molecule has 1 N–H and O–H groups in total. The number of aromatic nitrogens is 1. The first kappa shape index (κ1) is 21.5. The lowest BCUT2D eigenvalue weighted by Gasteiger charge is -2.18. The van der Waals surface area contributed by atoms with Crippen LogP contribution in [0.3, 0.4) is 0 Å². The Morgan fingerprint density at radius 3 is 2.07 bits per heavy atom. The summed E-state index contributed by atoms with van der Waals surface area (Å²) in [5, 5.41) is 2.39. The maximum Gasteiger partial charge on any atom is 0.143 e. The zero-order valence-electron chi connectivity index (χ0n) is 18.3. The number of fused-ring (bicyclic) bond motifs is 3. The molecule has 158 valence electrons. The van der Waals surface area contributed by atoms with Gasteiger partial charge >= 0.3 is 0 Å². The van der Waals surface area contributed by atoms with Gasteiger partial charge in [0.15, 0.2) is 0 Å². The Morgan fingerprint density at radius 1 is 0.759 bits per heavy atom. The van der Waals surface area contributed by atoms with Crippen molar-refractivity contribution in [3.05, 3.63) is 36.4 Å². The van der Waals surface area contributed by atoms with E-state index >= 15 is 0 Å². The van der Waals surface area contributed by atoms with Gasteiger partial charge in [-0.3, -0.25) is 0 Å². The van der Waals surface area contributed by atoms with E-state index in [-0.39, 0.29) is 0 Å². The summed E-state index contributed by atoms with van der Waals surface area (Å²) in [5.41, 5.74) is 2.14. The van der Waals surface area contributed by atoms with Gasteiger partial charge in [-0.15, -0.1) is 0 Å². The zero-order valence-corrected chi connectivity index (χ0v) is 18.3. The molecule has 0 aliphatic rings. The molecule has 0 fully saturated rings. The van der Waals surface area contributed by atoms with Crippen LogP contribution in [0, 0.1) is 0 Å². The monoisotopic (exact) mass is 397 g/mol. The molecule has 29 heavy (non-hydrogen) atoms. The minimum absolute atomic E-state index is 0.690. The Hall–Kier alpha value is -2.24. The molecule has 0 spiro atoms. The van der Waals surface area contributed by atoms with Crippen molar-refractivity contribution < 1.29 is 9.47 Å². The van der Waals surface area contributed by atoms with Gasteiger partial charge in [-0.2, -0.15) is 0 Å². The van der Waals surface area contributed by atoms with Gasteiger partial charge in [-0.25, -0.2) is 0 Å². The normalized spacial score (nSPS) is 11.8. The molecule has 3 rings (SSSR count). The van der Waals surface area contributed by atoms with E-state index < -0.39 is 0 Å². The van der Waals surface area contributed by atoms with Gasteiger partial charge < -0.3 is 24.3 Å². The molecule has 0 saturated carbocycles. The van der Waals surface area contributed by atoms with Gasteiger partial charge in [-0.1, -0.05) is 39.8 Å². The number of nitrogens with one attached hydrogen (secondary N) is 1. The molecule has 0 unspecified atom stereocenters. The topological polar surface area (TPSA) is 40.7 Å². The molecule has 0 bridgehead atoms. The Bertz CT molecular complexity index is 898. The van der Waals surface area contributed by atoms with E-state index in [2.05, 4.69) is 72.8 Å². The summed E-state index contributed by atoms with van der Waals surface area (Å²) in [6.07, 6.45) is 0. The average Bonchev–Trinajstić information content (AvgIpc) is 3.13. The SMILES string of the molecule is CCN(CC)CCOc1ccc2c(c1)[nH]c1c(OCCN(CC)CC)cccc12. The van der Waals surface area contributed by atoms with Crippen LogP contribution in [-0.2, 0) is 0 Å². The standard InChI is InChI=1S/C24H35N3O2/c1-5-26(6-2)14-16-28-19-12-13-20-21-10-9-11-23(24(21)25-22(20)18-19)29-17-15-27(7-3)8-4/h9-13,18,25H,5-8,14-17H2,1-4H3. The summed E-state index contributed by atoms with van der Waals surface area (Å²) in [7, 11) is 0. The maximum absolute atomic E-state index is 6.12. The fraction of sp³-hybridized carbons (Fsp3) is 0.500. The molecule has 1 aromatic heterocycles. The third-order valence-corrected chi connectivity index (χ3v) is 5.70. The van der Waals surface area contributed by atoms with Crippen molar-refractivity contribution in [2.45, 2.75) is 27.7 Å². The highest BCUT2D eigenvalue weighted by Gasteiger charge is 2.10. The number of hydrogen-bond donors (Lipinski definition) is 1. The van der Waals surface area contributed by atoms with Crippen LogP contribution in [0.25, 0.3) is 21.8 Å².